The predicted molar refractivity (Wildman–Crippen MR) is 213 cm³/mol. The number of amides is 1. The number of benzene rings is 4. The maximum absolute atomic E-state index is 13.0. The van der Waals surface area contributed by atoms with Gasteiger partial charge in [0.2, 0.25) is 0 Å². The lowest BCUT2D eigenvalue weighted by Gasteiger charge is -2.12. The van der Waals surface area contributed by atoms with Gasteiger partial charge in [0, 0.05) is 19.7 Å². The Morgan fingerprint density at radius 2 is 1.09 bits per heavy atom. The third-order valence-electron chi connectivity index (χ3n) is 8.15. The molecule has 300 valence electrons. The Hall–Kier alpha value is -6.14. The van der Waals surface area contributed by atoms with Crippen molar-refractivity contribution in [1.29, 1.82) is 0 Å². The quantitative estimate of drug-likeness (QED) is 0.113. The number of methoxy groups -OCH3 is 2. The second kappa shape index (κ2) is 18.0. The molecule has 0 atom stereocenters. The van der Waals surface area contributed by atoms with Gasteiger partial charge in [-0.3, -0.25) is 14.2 Å². The molecule has 2 heterocycles. The Bertz CT molecular complexity index is 2580. The van der Waals surface area contributed by atoms with E-state index in [-0.39, 0.29) is 70.2 Å². The van der Waals surface area contributed by atoms with Crippen molar-refractivity contribution < 1.29 is 50.1 Å². The number of nitrogens with zero attached hydrogens (tertiary/aromatic N) is 3. The molecule has 2 aromatic heterocycles. The smallest absolute Gasteiger partial charge is 0.335 e. The molecule has 56 heavy (non-hydrogen) atoms. The topological polar surface area (TPSA) is 220 Å². The van der Waals surface area contributed by atoms with Crippen LogP contribution >= 0.6 is 0 Å². The lowest BCUT2D eigenvalue weighted by atomic mass is 10.1. The van der Waals surface area contributed by atoms with Crippen LogP contribution in [-0.4, -0.2) is 77.3 Å². The summed E-state index contributed by atoms with van der Waals surface area (Å²) in [7, 11) is -1.96. The van der Waals surface area contributed by atoms with Gasteiger partial charge in [-0.2, -0.15) is 0 Å². The van der Waals surface area contributed by atoms with Crippen molar-refractivity contribution in [3.63, 3.8) is 0 Å². The first-order valence-electron chi connectivity index (χ1n) is 16.3. The number of sulfonamides is 2. The molecule has 6 aromatic rings. The van der Waals surface area contributed by atoms with Crippen molar-refractivity contribution in [2.45, 2.75) is 51.3 Å². The summed E-state index contributed by atoms with van der Waals surface area (Å²) in [5.41, 5.74) is 2.69. The highest BCUT2D eigenvalue weighted by atomic mass is 32.2. The first-order chi connectivity index (χ1) is 25.6. The van der Waals surface area contributed by atoms with Crippen molar-refractivity contribution in [2.75, 3.05) is 37.8 Å². The number of aromatic carboxylic acids is 1. The van der Waals surface area contributed by atoms with Gasteiger partial charge in [-0.15, -0.1) is 0 Å². The number of nitrogens with one attached hydrogen (secondary N) is 2. The van der Waals surface area contributed by atoms with Crippen LogP contribution in [-0.2, 0) is 32.9 Å². The number of anilines is 2. The van der Waals surface area contributed by atoms with Gasteiger partial charge in [-0.25, -0.2) is 21.6 Å². The minimum Gasteiger partial charge on any atom is -0.495 e. The molecule has 0 bridgehead atoms. The van der Waals surface area contributed by atoms with Gasteiger partial charge in [-0.1, -0.05) is 51.1 Å². The van der Waals surface area contributed by atoms with Gasteiger partial charge in [0.1, 0.15) is 21.3 Å². The third-order valence-corrected chi connectivity index (χ3v) is 10.9. The van der Waals surface area contributed by atoms with Crippen molar-refractivity contribution in [1.82, 2.24) is 15.2 Å². The molecule has 0 saturated heterocycles. The molecule has 4 aromatic carbocycles. The van der Waals surface area contributed by atoms with Gasteiger partial charge in [-0.05, 0) is 84.6 Å². The number of carboxylic acids is 1. The normalized spacial score (nSPS) is 11.0. The van der Waals surface area contributed by atoms with E-state index in [0.717, 1.165) is 11.1 Å². The van der Waals surface area contributed by atoms with Crippen molar-refractivity contribution in [3.8, 4) is 11.5 Å². The average molecular weight is 812 g/mol. The number of rotatable bonds is 12. The second-order valence-corrected chi connectivity index (χ2v) is 15.2. The molecule has 0 radical (unpaired) electrons. The highest BCUT2D eigenvalue weighted by Gasteiger charge is 2.25. The highest BCUT2D eigenvalue weighted by molar-refractivity contribution is 7.93. The van der Waals surface area contributed by atoms with Gasteiger partial charge in [0.05, 0.1) is 30.6 Å². The Balaban J connectivity index is 0.000000291. The van der Waals surface area contributed by atoms with Crippen LogP contribution in [0.3, 0.4) is 0 Å². The average Bonchev–Trinajstić information content (AvgIpc) is 3.75. The summed E-state index contributed by atoms with van der Waals surface area (Å²) in [6, 6.07) is 18.7. The van der Waals surface area contributed by atoms with E-state index in [2.05, 4.69) is 19.8 Å². The monoisotopic (exact) mass is 811 g/mol. The number of aryl methyl sites for hydroxylation is 2. The fourth-order valence-electron chi connectivity index (χ4n) is 5.22. The molecular formula is C38H45N5O11S2. The first kappa shape index (κ1) is 44.3. The number of hydrogen-bond donors (Lipinski definition) is 3. The number of fused-ring (bicyclic) bond motifs is 2. The fraction of sp³-hybridized carbons (Fsp3) is 0.263. The number of carboxylic acid groups (broad SMARTS) is 1. The van der Waals surface area contributed by atoms with Crippen LogP contribution in [0.1, 0.15) is 60.5 Å². The SMILES string of the molecule is C.C.CCc1ccc(OC)c(S(=O)(=O)Nc2noc3ccc(C(=O)N(C)C)cc23)c1.CCc1ccc(OC)c(S(=O)(=O)Nc2noc3ccc(C(=O)O)cc23)c1. The summed E-state index contributed by atoms with van der Waals surface area (Å²) in [6.45, 7) is 3.84. The Kier molecular flexibility index (Phi) is 14.2. The van der Waals surface area contributed by atoms with E-state index in [0.29, 0.717) is 29.4 Å². The molecule has 0 fully saturated rings. The standard InChI is InChI=1S/C19H21N3O5S.C17H16N2O6S.2CH4/c1-5-12-6-8-16(26-4)17(10-12)28(24,25)21-18-14-11-13(19(23)22(2)3)7-9-15(14)27-20-18;1-3-10-4-6-14(24-2)15(8-10)26(22,23)19-16-12-9-11(17(20)21)5-7-13(12)25-18-16;;/h6-11H,5H2,1-4H3,(H,20,21);4-9H,3H2,1-2H3,(H,18,19)(H,20,21);2*1H4. The van der Waals surface area contributed by atoms with E-state index in [1.54, 1.807) is 56.6 Å². The molecular weight excluding hydrogens is 767 g/mol. The zero-order valence-corrected chi connectivity index (χ0v) is 31.7. The van der Waals surface area contributed by atoms with E-state index in [1.165, 1.54) is 43.4 Å². The van der Waals surface area contributed by atoms with Crippen LogP contribution in [0, 0.1) is 0 Å². The van der Waals surface area contributed by atoms with Crippen molar-refractivity contribution >= 4 is 65.5 Å². The Morgan fingerprint density at radius 3 is 1.46 bits per heavy atom. The predicted octanol–water partition coefficient (Wildman–Crippen LogP) is 7.07. The summed E-state index contributed by atoms with van der Waals surface area (Å²) in [5.74, 6) is -1.03. The maximum Gasteiger partial charge on any atom is 0.335 e. The molecule has 0 aliphatic heterocycles. The largest absolute Gasteiger partial charge is 0.495 e. The molecule has 0 spiro atoms. The van der Waals surface area contributed by atoms with Gasteiger partial charge in [0.15, 0.2) is 22.8 Å². The Labute approximate surface area is 325 Å². The molecule has 0 aliphatic carbocycles. The number of hydrogen-bond acceptors (Lipinski definition) is 12. The zero-order valence-electron chi connectivity index (χ0n) is 30.0. The van der Waals surface area contributed by atoms with Crippen LogP contribution in [0.2, 0.25) is 0 Å². The van der Waals surface area contributed by atoms with E-state index in [9.17, 15) is 26.4 Å². The summed E-state index contributed by atoms with van der Waals surface area (Å²) >= 11 is 0. The number of carbonyl (C=O) groups excluding carboxylic acids is 1. The number of ether oxygens (including phenoxy) is 2. The first-order valence-corrected chi connectivity index (χ1v) is 19.2. The van der Waals surface area contributed by atoms with Gasteiger partial charge < -0.3 is 28.5 Å². The van der Waals surface area contributed by atoms with E-state index in [1.807, 2.05) is 19.9 Å². The zero-order chi connectivity index (χ0) is 39.4. The second-order valence-electron chi connectivity index (χ2n) is 11.9. The van der Waals surface area contributed by atoms with Crippen molar-refractivity contribution in [2.24, 2.45) is 0 Å². The number of aromatic nitrogens is 2. The Morgan fingerprint density at radius 1 is 0.679 bits per heavy atom. The molecule has 0 aliphatic rings. The van der Waals surface area contributed by atoms with E-state index in [4.69, 9.17) is 23.6 Å². The molecule has 6 rings (SSSR count). The summed E-state index contributed by atoms with van der Waals surface area (Å²) in [5, 5.41) is 17.3. The van der Waals surface area contributed by atoms with Gasteiger partial charge >= 0.3 is 5.97 Å². The van der Waals surface area contributed by atoms with Crippen LogP contribution in [0.5, 0.6) is 11.5 Å². The molecule has 3 N–H and O–H groups in total. The molecule has 16 nitrogen and oxygen atoms in total. The molecule has 0 unspecified atom stereocenters. The number of carbonyl (C=O) groups is 2. The minimum absolute atomic E-state index is 0. The van der Waals surface area contributed by atoms with Crippen LogP contribution in [0.4, 0.5) is 11.6 Å². The minimum atomic E-state index is -4.03. The molecule has 0 saturated carbocycles. The van der Waals surface area contributed by atoms with E-state index < -0.39 is 26.0 Å². The third kappa shape index (κ3) is 9.38. The molecule has 1 amide bonds. The highest BCUT2D eigenvalue weighted by Crippen LogP contribution is 2.32. The fourth-order valence-corrected chi connectivity index (χ4v) is 7.68. The molecule has 18 heteroatoms. The van der Waals surface area contributed by atoms with E-state index >= 15 is 0 Å². The van der Waals surface area contributed by atoms with Gasteiger partial charge in [0.25, 0.3) is 26.0 Å². The van der Waals surface area contributed by atoms with Crippen molar-refractivity contribution in [3.05, 3.63) is 95.1 Å². The van der Waals surface area contributed by atoms with Crippen LogP contribution in [0.15, 0.2) is 91.6 Å². The summed E-state index contributed by atoms with van der Waals surface area (Å²) in [4.78, 5) is 24.7. The maximum atomic E-state index is 13.0. The lowest BCUT2D eigenvalue weighted by molar-refractivity contribution is 0.0696. The summed E-state index contributed by atoms with van der Waals surface area (Å²) in [6.07, 6.45) is 1.33. The lowest BCUT2D eigenvalue weighted by Crippen LogP contribution is -2.21. The van der Waals surface area contributed by atoms with Crippen LogP contribution < -0.4 is 18.9 Å². The summed E-state index contributed by atoms with van der Waals surface area (Å²) < 4.78 is 77.0. The van der Waals surface area contributed by atoms with Crippen LogP contribution in [0.25, 0.3) is 21.9 Å².